The van der Waals surface area contributed by atoms with Gasteiger partial charge >= 0.3 is 0 Å². The summed E-state index contributed by atoms with van der Waals surface area (Å²) in [5, 5.41) is 6.20. The lowest BCUT2D eigenvalue weighted by molar-refractivity contribution is -0.121. The summed E-state index contributed by atoms with van der Waals surface area (Å²) < 4.78 is 5.56. The molecule has 0 aliphatic carbocycles. The van der Waals surface area contributed by atoms with Crippen molar-refractivity contribution in [3.8, 4) is 0 Å². The van der Waals surface area contributed by atoms with Crippen molar-refractivity contribution in [2.45, 2.75) is 39.3 Å². The molecular formula is C20H32N4O2. The van der Waals surface area contributed by atoms with Crippen LogP contribution in [-0.4, -0.2) is 50.6 Å². The molecule has 0 bridgehead atoms. The highest BCUT2D eigenvalue weighted by atomic mass is 16.5. The third-order valence-electron chi connectivity index (χ3n) is 4.90. The molecule has 0 atom stereocenters. The number of likely N-dealkylation sites (tertiary alicyclic amines) is 1. The smallest absolute Gasteiger partial charge is 0.220 e. The molecule has 1 aliphatic rings. The van der Waals surface area contributed by atoms with Gasteiger partial charge in [-0.1, -0.05) is 24.3 Å². The van der Waals surface area contributed by atoms with Crippen LogP contribution in [0, 0.1) is 5.92 Å². The lowest BCUT2D eigenvalue weighted by Crippen LogP contribution is -2.45. The molecule has 0 unspecified atom stereocenters. The average Bonchev–Trinajstić information content (AvgIpc) is 2.68. The summed E-state index contributed by atoms with van der Waals surface area (Å²) in [5.74, 6) is 1.53. The highest BCUT2D eigenvalue weighted by Crippen LogP contribution is 2.20. The monoisotopic (exact) mass is 360 g/mol. The van der Waals surface area contributed by atoms with Crippen molar-refractivity contribution in [3.05, 3.63) is 35.4 Å². The number of carbonyl (C=O) groups excluding carboxylic acids is 1. The van der Waals surface area contributed by atoms with Gasteiger partial charge in [0.2, 0.25) is 5.91 Å². The lowest BCUT2D eigenvalue weighted by atomic mass is 9.93. The number of amides is 1. The first-order chi connectivity index (χ1) is 12.7. The Bertz CT molecular complexity index is 595. The summed E-state index contributed by atoms with van der Waals surface area (Å²) in [4.78, 5) is 18.3. The number of nitrogens with zero attached hydrogens (tertiary/aromatic N) is 2. The quantitative estimate of drug-likeness (QED) is 0.578. The minimum atomic E-state index is 0.136. The van der Waals surface area contributed by atoms with Crippen LogP contribution in [0.5, 0.6) is 0 Å². The van der Waals surface area contributed by atoms with Crippen molar-refractivity contribution in [2.75, 3.05) is 33.8 Å². The number of guanidine groups is 1. The number of aliphatic imine (C=N–C) groups is 1. The molecular weight excluding hydrogens is 328 g/mol. The zero-order valence-corrected chi connectivity index (χ0v) is 16.3. The van der Waals surface area contributed by atoms with Crippen LogP contribution in [0.25, 0.3) is 0 Å². The minimum Gasteiger partial charge on any atom is -0.377 e. The molecule has 1 amide bonds. The summed E-state index contributed by atoms with van der Waals surface area (Å²) in [7, 11) is 3.53. The van der Waals surface area contributed by atoms with E-state index in [9.17, 15) is 4.79 Å². The molecule has 1 heterocycles. The van der Waals surface area contributed by atoms with Gasteiger partial charge in [-0.25, -0.2) is 0 Å². The normalized spacial score (nSPS) is 15.8. The highest BCUT2D eigenvalue weighted by Gasteiger charge is 2.23. The van der Waals surface area contributed by atoms with Gasteiger partial charge in [0.05, 0.1) is 6.61 Å². The van der Waals surface area contributed by atoms with Crippen molar-refractivity contribution in [1.82, 2.24) is 15.5 Å². The largest absolute Gasteiger partial charge is 0.377 e. The maximum Gasteiger partial charge on any atom is 0.220 e. The van der Waals surface area contributed by atoms with Crippen molar-refractivity contribution in [1.29, 1.82) is 0 Å². The van der Waals surface area contributed by atoms with Crippen LogP contribution in [0.4, 0.5) is 0 Å². The van der Waals surface area contributed by atoms with Crippen LogP contribution < -0.4 is 10.6 Å². The Balaban J connectivity index is 1.86. The van der Waals surface area contributed by atoms with Crippen LogP contribution in [0.1, 0.15) is 37.3 Å². The van der Waals surface area contributed by atoms with E-state index in [1.165, 1.54) is 11.1 Å². The lowest BCUT2D eigenvalue weighted by Gasteiger charge is -2.34. The fourth-order valence-electron chi connectivity index (χ4n) is 3.30. The number of piperidine rings is 1. The summed E-state index contributed by atoms with van der Waals surface area (Å²) in [6.07, 6.45) is 2.67. The number of hydrogen-bond donors (Lipinski definition) is 2. The molecule has 0 saturated carbocycles. The van der Waals surface area contributed by atoms with E-state index < -0.39 is 0 Å². The molecule has 1 aliphatic heterocycles. The number of benzene rings is 1. The Morgan fingerprint density at radius 1 is 1.27 bits per heavy atom. The van der Waals surface area contributed by atoms with Crippen molar-refractivity contribution in [2.24, 2.45) is 10.9 Å². The summed E-state index contributed by atoms with van der Waals surface area (Å²) >= 11 is 0. The zero-order chi connectivity index (χ0) is 18.8. The fourth-order valence-corrected chi connectivity index (χ4v) is 3.30. The van der Waals surface area contributed by atoms with E-state index in [0.29, 0.717) is 25.6 Å². The van der Waals surface area contributed by atoms with E-state index in [1.54, 1.807) is 7.05 Å². The van der Waals surface area contributed by atoms with Gasteiger partial charge in [0.15, 0.2) is 5.96 Å². The topological polar surface area (TPSA) is 66.0 Å². The molecule has 26 heavy (non-hydrogen) atoms. The van der Waals surface area contributed by atoms with Gasteiger partial charge in [-0.3, -0.25) is 9.79 Å². The van der Waals surface area contributed by atoms with E-state index in [2.05, 4.69) is 38.7 Å². The van der Waals surface area contributed by atoms with E-state index in [1.807, 2.05) is 20.0 Å². The van der Waals surface area contributed by atoms with E-state index in [-0.39, 0.29) is 5.91 Å². The van der Waals surface area contributed by atoms with Crippen LogP contribution in [0.3, 0.4) is 0 Å². The van der Waals surface area contributed by atoms with Gasteiger partial charge in [-0.15, -0.1) is 0 Å². The molecule has 1 aromatic carbocycles. The van der Waals surface area contributed by atoms with Gasteiger partial charge in [-0.05, 0) is 36.8 Å². The van der Waals surface area contributed by atoms with Crippen molar-refractivity contribution >= 4 is 11.9 Å². The molecule has 6 heteroatoms. The fraction of sp³-hybridized carbons (Fsp3) is 0.600. The first-order valence-electron chi connectivity index (χ1n) is 9.48. The highest BCUT2D eigenvalue weighted by molar-refractivity contribution is 5.80. The number of hydrogen-bond acceptors (Lipinski definition) is 3. The maximum absolute atomic E-state index is 11.5. The number of rotatable bonds is 7. The Morgan fingerprint density at radius 2 is 1.96 bits per heavy atom. The van der Waals surface area contributed by atoms with Gasteiger partial charge in [0.25, 0.3) is 0 Å². The van der Waals surface area contributed by atoms with Crippen LogP contribution in [-0.2, 0) is 22.7 Å². The Morgan fingerprint density at radius 3 is 2.58 bits per heavy atom. The van der Waals surface area contributed by atoms with E-state index in [4.69, 9.17) is 4.74 Å². The second-order valence-electron chi connectivity index (χ2n) is 6.61. The standard InChI is InChI=1S/C20H32N4O2/c1-4-26-15-18-8-6-5-7-17(18)14-23-20(22-3)24-11-9-16(10-12-24)13-19(25)21-2/h5-8,16H,4,9-15H2,1-3H3,(H,21,25)(H,22,23). The van der Waals surface area contributed by atoms with Gasteiger partial charge in [0, 0.05) is 46.8 Å². The molecule has 6 nitrogen and oxygen atoms in total. The molecule has 1 aromatic rings. The second-order valence-corrected chi connectivity index (χ2v) is 6.61. The average molecular weight is 361 g/mol. The molecule has 1 saturated heterocycles. The van der Waals surface area contributed by atoms with Gasteiger partial charge < -0.3 is 20.3 Å². The Hall–Kier alpha value is -2.08. The van der Waals surface area contributed by atoms with Crippen LogP contribution in [0.2, 0.25) is 0 Å². The second kappa shape index (κ2) is 10.8. The SMILES string of the molecule is CCOCc1ccccc1CNC(=NC)N1CCC(CC(=O)NC)CC1. The Kier molecular flexibility index (Phi) is 8.41. The van der Waals surface area contributed by atoms with Crippen LogP contribution in [0.15, 0.2) is 29.3 Å². The third kappa shape index (κ3) is 6.02. The zero-order valence-electron chi connectivity index (χ0n) is 16.3. The molecule has 0 aromatic heterocycles. The number of nitrogens with one attached hydrogen (secondary N) is 2. The van der Waals surface area contributed by atoms with E-state index in [0.717, 1.165) is 38.4 Å². The minimum absolute atomic E-state index is 0.136. The summed E-state index contributed by atoms with van der Waals surface area (Å²) in [5.41, 5.74) is 2.44. The molecule has 0 spiro atoms. The van der Waals surface area contributed by atoms with Crippen LogP contribution >= 0.6 is 0 Å². The number of ether oxygens (including phenoxy) is 1. The number of carbonyl (C=O) groups is 1. The van der Waals surface area contributed by atoms with Crippen molar-refractivity contribution in [3.63, 3.8) is 0 Å². The molecule has 2 rings (SSSR count). The van der Waals surface area contributed by atoms with E-state index >= 15 is 0 Å². The molecule has 144 valence electrons. The van der Waals surface area contributed by atoms with Gasteiger partial charge in [0.1, 0.15) is 0 Å². The Labute approximate surface area is 157 Å². The predicted molar refractivity (Wildman–Crippen MR) is 105 cm³/mol. The van der Waals surface area contributed by atoms with Crippen molar-refractivity contribution < 1.29 is 9.53 Å². The molecule has 1 fully saturated rings. The molecule has 2 N–H and O–H groups in total. The summed E-state index contributed by atoms with van der Waals surface area (Å²) in [6.45, 7) is 5.96. The first kappa shape index (κ1) is 20.2. The van der Waals surface area contributed by atoms with Gasteiger partial charge in [-0.2, -0.15) is 0 Å². The third-order valence-corrected chi connectivity index (χ3v) is 4.90. The predicted octanol–water partition coefficient (Wildman–Crippen LogP) is 2.15. The summed E-state index contributed by atoms with van der Waals surface area (Å²) in [6, 6.07) is 8.34. The first-order valence-corrected chi connectivity index (χ1v) is 9.48. The maximum atomic E-state index is 11.5. The molecule has 0 radical (unpaired) electrons.